The lowest BCUT2D eigenvalue weighted by Crippen LogP contribution is -2.56. The summed E-state index contributed by atoms with van der Waals surface area (Å²) >= 11 is 1.36. The highest BCUT2D eigenvalue weighted by Crippen LogP contribution is 2.29. The number of nitrogens with two attached hydrogens (primary N) is 1. The van der Waals surface area contributed by atoms with Crippen LogP contribution in [0.1, 0.15) is 16.8 Å². The number of anilines is 2. The molecular formula is C25H21N5O2S. The molecule has 2 aromatic carbocycles. The predicted molar refractivity (Wildman–Crippen MR) is 130 cm³/mol. The summed E-state index contributed by atoms with van der Waals surface area (Å²) in [5.41, 5.74) is 10.7. The van der Waals surface area contributed by atoms with E-state index in [1.807, 2.05) is 35.7 Å². The van der Waals surface area contributed by atoms with E-state index in [1.54, 1.807) is 41.6 Å². The number of rotatable bonds is 5. The lowest BCUT2D eigenvalue weighted by atomic mass is 10.0. The molecule has 7 nitrogen and oxygen atoms in total. The molecule has 1 fully saturated rings. The van der Waals surface area contributed by atoms with E-state index in [1.165, 1.54) is 11.3 Å². The van der Waals surface area contributed by atoms with Crippen LogP contribution in [0.3, 0.4) is 0 Å². The van der Waals surface area contributed by atoms with E-state index in [0.29, 0.717) is 29.3 Å². The van der Waals surface area contributed by atoms with E-state index in [0.717, 1.165) is 22.4 Å². The van der Waals surface area contributed by atoms with Gasteiger partial charge in [0, 0.05) is 41.1 Å². The van der Waals surface area contributed by atoms with Gasteiger partial charge in [0.2, 0.25) is 5.91 Å². The third kappa shape index (κ3) is 4.33. The Bertz CT molecular complexity index is 1300. The van der Waals surface area contributed by atoms with Gasteiger partial charge in [0.1, 0.15) is 6.04 Å². The van der Waals surface area contributed by atoms with E-state index in [4.69, 9.17) is 5.73 Å². The van der Waals surface area contributed by atoms with Crippen LogP contribution in [0.15, 0.2) is 78.4 Å². The topological polar surface area (TPSA) is 101 Å². The monoisotopic (exact) mass is 455 g/mol. The minimum absolute atomic E-state index is 0.172. The maximum Gasteiger partial charge on any atom is 0.254 e. The fourth-order valence-electron chi connectivity index (χ4n) is 3.75. The van der Waals surface area contributed by atoms with Gasteiger partial charge < -0.3 is 16.0 Å². The molecule has 3 heterocycles. The van der Waals surface area contributed by atoms with Crippen molar-refractivity contribution >= 4 is 34.0 Å². The van der Waals surface area contributed by atoms with Gasteiger partial charge in [0.15, 0.2) is 5.13 Å². The number of carbonyl (C=O) groups excluding carboxylic acids is 2. The molecule has 0 aliphatic carbocycles. The quantitative estimate of drug-likeness (QED) is 0.437. The number of nitrogens with zero attached hydrogens (tertiary/aromatic N) is 3. The number of carbonyl (C=O) groups is 2. The summed E-state index contributed by atoms with van der Waals surface area (Å²) in [5.74, 6) is -0.398. The van der Waals surface area contributed by atoms with Crippen molar-refractivity contribution < 1.29 is 9.59 Å². The molecule has 0 spiro atoms. The van der Waals surface area contributed by atoms with Crippen molar-refractivity contribution in [3.63, 3.8) is 0 Å². The molecule has 0 unspecified atom stereocenters. The van der Waals surface area contributed by atoms with Gasteiger partial charge in [0.25, 0.3) is 5.91 Å². The Balaban J connectivity index is 1.27. The van der Waals surface area contributed by atoms with Crippen LogP contribution < -0.4 is 11.1 Å². The van der Waals surface area contributed by atoms with Crippen LogP contribution in [0.4, 0.5) is 10.8 Å². The van der Waals surface area contributed by atoms with Gasteiger partial charge in [-0.15, -0.1) is 11.3 Å². The number of thiazole rings is 1. The molecule has 2 aromatic heterocycles. The van der Waals surface area contributed by atoms with Gasteiger partial charge in [0.05, 0.1) is 5.69 Å². The van der Waals surface area contributed by atoms with Gasteiger partial charge in [-0.3, -0.25) is 14.6 Å². The maximum atomic E-state index is 12.8. The average molecular weight is 456 g/mol. The molecule has 0 saturated carbocycles. The van der Waals surface area contributed by atoms with E-state index in [-0.39, 0.29) is 11.8 Å². The summed E-state index contributed by atoms with van der Waals surface area (Å²) in [5, 5.41) is 5.30. The van der Waals surface area contributed by atoms with Crippen molar-refractivity contribution in [2.24, 2.45) is 0 Å². The first-order valence-corrected chi connectivity index (χ1v) is 11.4. The van der Waals surface area contributed by atoms with Crippen molar-refractivity contribution in [3.8, 4) is 22.4 Å². The summed E-state index contributed by atoms with van der Waals surface area (Å²) < 4.78 is 0. The Morgan fingerprint density at radius 1 is 1.00 bits per heavy atom. The number of nitrogen functional groups attached to an aromatic ring is 1. The van der Waals surface area contributed by atoms with Crippen LogP contribution in [0.25, 0.3) is 22.4 Å². The number of pyridine rings is 1. The standard InChI is InChI=1S/C25H21N5O2S/c26-20-6-4-17(5-7-20)24(32)30-13-10-22(30)23(31)29-25-28-21(15-33-25)19-3-1-2-18(14-19)16-8-11-27-12-9-16/h1-9,11-12,14-15,22H,10,13,26H2,(H,28,29,31)/t22-/m1/s1. The van der Waals surface area contributed by atoms with Gasteiger partial charge >= 0.3 is 0 Å². The van der Waals surface area contributed by atoms with Crippen LogP contribution in [-0.4, -0.2) is 39.3 Å². The van der Waals surface area contributed by atoms with Crippen molar-refractivity contribution in [1.29, 1.82) is 0 Å². The van der Waals surface area contributed by atoms with E-state index >= 15 is 0 Å². The number of nitrogens with one attached hydrogen (secondary N) is 1. The second-order valence-electron chi connectivity index (χ2n) is 7.77. The third-order valence-electron chi connectivity index (χ3n) is 5.65. The number of aromatic nitrogens is 2. The Labute approximate surface area is 194 Å². The number of likely N-dealkylation sites (tertiary alicyclic amines) is 1. The molecule has 4 aromatic rings. The molecule has 164 valence electrons. The summed E-state index contributed by atoms with van der Waals surface area (Å²) in [6.07, 6.45) is 4.15. The molecule has 1 aliphatic rings. The molecule has 1 saturated heterocycles. The van der Waals surface area contributed by atoms with Crippen molar-refractivity contribution in [3.05, 3.63) is 84.0 Å². The zero-order valence-corrected chi connectivity index (χ0v) is 18.5. The van der Waals surface area contributed by atoms with Crippen molar-refractivity contribution in [2.45, 2.75) is 12.5 Å². The highest BCUT2D eigenvalue weighted by Gasteiger charge is 2.38. The van der Waals surface area contributed by atoms with E-state index in [9.17, 15) is 9.59 Å². The van der Waals surface area contributed by atoms with Crippen molar-refractivity contribution in [2.75, 3.05) is 17.6 Å². The van der Waals surface area contributed by atoms with Crippen molar-refractivity contribution in [1.82, 2.24) is 14.9 Å². The number of benzene rings is 2. The Morgan fingerprint density at radius 3 is 2.48 bits per heavy atom. The average Bonchev–Trinajstić information content (AvgIpc) is 3.28. The first kappa shape index (κ1) is 20.8. The van der Waals surface area contributed by atoms with E-state index < -0.39 is 6.04 Å². The Morgan fingerprint density at radius 2 is 1.76 bits per heavy atom. The summed E-state index contributed by atoms with van der Waals surface area (Å²) in [4.78, 5) is 35.8. The highest BCUT2D eigenvalue weighted by molar-refractivity contribution is 7.14. The highest BCUT2D eigenvalue weighted by atomic mass is 32.1. The van der Waals surface area contributed by atoms with Gasteiger partial charge in [-0.2, -0.15) is 0 Å². The van der Waals surface area contributed by atoms with Crippen LogP contribution in [0, 0.1) is 0 Å². The molecule has 1 aliphatic heterocycles. The number of amides is 2. The molecule has 0 radical (unpaired) electrons. The van der Waals surface area contributed by atoms with E-state index in [2.05, 4.69) is 21.4 Å². The fourth-order valence-corrected chi connectivity index (χ4v) is 4.47. The zero-order valence-electron chi connectivity index (χ0n) is 17.6. The largest absolute Gasteiger partial charge is 0.399 e. The molecular weight excluding hydrogens is 434 g/mol. The number of hydrogen-bond donors (Lipinski definition) is 2. The Hall–Kier alpha value is -4.04. The predicted octanol–water partition coefficient (Wildman–Crippen LogP) is 4.31. The fraction of sp³-hybridized carbons (Fsp3) is 0.120. The second kappa shape index (κ2) is 8.84. The normalized spacial score (nSPS) is 15.0. The lowest BCUT2D eigenvalue weighted by molar-refractivity contribution is -0.123. The van der Waals surface area contributed by atoms with Crippen LogP contribution >= 0.6 is 11.3 Å². The van der Waals surface area contributed by atoms with Crippen LogP contribution in [0.5, 0.6) is 0 Å². The molecule has 33 heavy (non-hydrogen) atoms. The number of hydrogen-bond acceptors (Lipinski definition) is 6. The first-order valence-electron chi connectivity index (χ1n) is 10.5. The van der Waals surface area contributed by atoms with Gasteiger partial charge in [-0.25, -0.2) is 4.98 Å². The molecule has 1 atom stereocenters. The van der Waals surface area contributed by atoms with Crippen LogP contribution in [-0.2, 0) is 4.79 Å². The smallest absolute Gasteiger partial charge is 0.254 e. The molecule has 0 bridgehead atoms. The Kier molecular flexibility index (Phi) is 5.58. The minimum Gasteiger partial charge on any atom is -0.399 e. The van der Waals surface area contributed by atoms with Crippen LogP contribution in [0.2, 0.25) is 0 Å². The minimum atomic E-state index is -0.502. The molecule has 2 amide bonds. The second-order valence-corrected chi connectivity index (χ2v) is 8.63. The lowest BCUT2D eigenvalue weighted by Gasteiger charge is -2.39. The molecule has 3 N–H and O–H groups in total. The zero-order chi connectivity index (χ0) is 22.8. The van der Waals surface area contributed by atoms with Gasteiger partial charge in [-0.05, 0) is 60.0 Å². The SMILES string of the molecule is Nc1ccc(C(=O)N2CC[C@@H]2C(=O)Nc2nc(-c3cccc(-c4ccncc4)c3)cs2)cc1. The molecule has 8 heteroatoms. The maximum absolute atomic E-state index is 12.8. The summed E-state index contributed by atoms with van der Waals surface area (Å²) in [7, 11) is 0. The third-order valence-corrected chi connectivity index (χ3v) is 6.40. The summed E-state index contributed by atoms with van der Waals surface area (Å²) in [6.45, 7) is 0.548. The van der Waals surface area contributed by atoms with Gasteiger partial charge in [-0.1, -0.05) is 18.2 Å². The summed E-state index contributed by atoms with van der Waals surface area (Å²) in [6, 6.07) is 18.2. The first-order chi connectivity index (χ1) is 16.1. The molecule has 5 rings (SSSR count).